The molecule has 1 N–H and O–H groups in total. The molecule has 0 saturated heterocycles. The van der Waals surface area contributed by atoms with E-state index in [2.05, 4.69) is 21.0 Å². The highest BCUT2D eigenvalue weighted by molar-refractivity contribution is 9.10. The summed E-state index contributed by atoms with van der Waals surface area (Å²) >= 11 is 3.53. The smallest absolute Gasteiger partial charge is 0.306 e. The summed E-state index contributed by atoms with van der Waals surface area (Å²) in [5, 5.41) is 13.7. The number of halogens is 1. The van der Waals surface area contributed by atoms with Crippen molar-refractivity contribution in [1.29, 1.82) is 0 Å². The fraction of sp³-hybridized carbons (Fsp3) is 0.692. The van der Waals surface area contributed by atoms with Crippen LogP contribution in [0.4, 0.5) is 0 Å². The van der Waals surface area contributed by atoms with Crippen LogP contribution in [0.2, 0.25) is 0 Å². The molecule has 1 aromatic heterocycles. The molecular weight excluding hydrogens is 296 g/mol. The molecule has 0 aliphatic carbocycles. The first kappa shape index (κ1) is 15.2. The summed E-state index contributed by atoms with van der Waals surface area (Å²) in [5.74, 6) is -0.694. The van der Waals surface area contributed by atoms with E-state index >= 15 is 0 Å². The minimum atomic E-state index is -0.727. The van der Waals surface area contributed by atoms with Gasteiger partial charge in [0.2, 0.25) is 0 Å². The van der Waals surface area contributed by atoms with E-state index in [-0.39, 0.29) is 5.92 Å². The standard InChI is InChI=1S/C13H21BrN2O2/c1-5-10-12(14)11(16(4)15-10)7-9(13(17)18)6-8(2)3/h8-9H,5-7H2,1-4H3,(H,17,18). The zero-order valence-corrected chi connectivity index (χ0v) is 13.0. The second-order valence-electron chi connectivity index (χ2n) is 5.05. The van der Waals surface area contributed by atoms with E-state index in [9.17, 15) is 9.90 Å². The molecule has 1 unspecified atom stereocenters. The topological polar surface area (TPSA) is 55.1 Å². The number of aromatic nitrogens is 2. The Kier molecular flexibility index (Phi) is 5.38. The van der Waals surface area contributed by atoms with Crippen molar-refractivity contribution in [3.8, 4) is 0 Å². The number of hydrogen-bond acceptors (Lipinski definition) is 2. The summed E-state index contributed by atoms with van der Waals surface area (Å²) in [6, 6.07) is 0. The zero-order chi connectivity index (χ0) is 13.9. The van der Waals surface area contributed by atoms with E-state index < -0.39 is 5.97 Å². The molecule has 0 fully saturated rings. The fourth-order valence-electron chi connectivity index (χ4n) is 2.12. The molecule has 18 heavy (non-hydrogen) atoms. The summed E-state index contributed by atoms with van der Waals surface area (Å²) in [7, 11) is 1.87. The van der Waals surface area contributed by atoms with Gasteiger partial charge in [-0.15, -0.1) is 0 Å². The van der Waals surface area contributed by atoms with E-state index in [0.717, 1.165) is 22.3 Å². The maximum Gasteiger partial charge on any atom is 0.306 e. The number of aryl methyl sites for hydroxylation is 2. The summed E-state index contributed by atoms with van der Waals surface area (Å²) < 4.78 is 2.75. The molecule has 1 heterocycles. The third kappa shape index (κ3) is 3.57. The first-order valence-electron chi connectivity index (χ1n) is 6.29. The number of hydrogen-bond donors (Lipinski definition) is 1. The lowest BCUT2D eigenvalue weighted by Crippen LogP contribution is -2.20. The first-order valence-corrected chi connectivity index (χ1v) is 7.09. The Morgan fingerprint density at radius 1 is 1.50 bits per heavy atom. The molecule has 0 amide bonds. The van der Waals surface area contributed by atoms with E-state index in [1.807, 2.05) is 27.8 Å². The van der Waals surface area contributed by atoms with Gasteiger partial charge in [-0.05, 0) is 34.7 Å². The Morgan fingerprint density at radius 2 is 2.11 bits per heavy atom. The highest BCUT2D eigenvalue weighted by Crippen LogP contribution is 2.26. The van der Waals surface area contributed by atoms with Gasteiger partial charge in [-0.2, -0.15) is 5.10 Å². The minimum absolute atomic E-state index is 0.346. The maximum atomic E-state index is 11.3. The SMILES string of the molecule is CCc1nn(C)c(CC(CC(C)C)C(=O)O)c1Br. The van der Waals surface area contributed by atoms with Gasteiger partial charge in [0, 0.05) is 13.5 Å². The molecule has 1 aromatic rings. The molecule has 1 rings (SSSR count). The number of carboxylic acids is 1. The normalized spacial score (nSPS) is 13.0. The molecule has 0 aliphatic rings. The van der Waals surface area contributed by atoms with Gasteiger partial charge in [0.05, 0.1) is 21.8 Å². The average Bonchev–Trinajstić information content (AvgIpc) is 2.54. The lowest BCUT2D eigenvalue weighted by molar-refractivity contribution is -0.142. The Balaban J connectivity index is 2.93. The van der Waals surface area contributed by atoms with Crippen molar-refractivity contribution in [2.75, 3.05) is 0 Å². The fourth-order valence-corrected chi connectivity index (χ4v) is 2.89. The van der Waals surface area contributed by atoms with Crippen LogP contribution in [-0.4, -0.2) is 20.9 Å². The van der Waals surface area contributed by atoms with Crippen LogP contribution in [0.3, 0.4) is 0 Å². The monoisotopic (exact) mass is 316 g/mol. The van der Waals surface area contributed by atoms with Crippen molar-refractivity contribution in [1.82, 2.24) is 9.78 Å². The Morgan fingerprint density at radius 3 is 2.50 bits per heavy atom. The van der Waals surface area contributed by atoms with Crippen LogP contribution in [-0.2, 0) is 24.7 Å². The van der Waals surface area contributed by atoms with Crippen LogP contribution >= 0.6 is 15.9 Å². The molecular formula is C13H21BrN2O2. The van der Waals surface area contributed by atoms with Crippen molar-refractivity contribution in [2.45, 2.75) is 40.0 Å². The van der Waals surface area contributed by atoms with Crippen LogP contribution in [0.15, 0.2) is 4.47 Å². The highest BCUT2D eigenvalue weighted by atomic mass is 79.9. The summed E-state index contributed by atoms with van der Waals surface area (Å²) in [5.41, 5.74) is 1.96. The maximum absolute atomic E-state index is 11.3. The van der Waals surface area contributed by atoms with Gasteiger partial charge in [0.25, 0.3) is 0 Å². The van der Waals surface area contributed by atoms with Crippen LogP contribution in [0, 0.1) is 11.8 Å². The average molecular weight is 317 g/mol. The first-order chi connectivity index (χ1) is 8.36. The van der Waals surface area contributed by atoms with E-state index in [0.29, 0.717) is 18.8 Å². The van der Waals surface area contributed by atoms with E-state index in [4.69, 9.17) is 0 Å². The lowest BCUT2D eigenvalue weighted by Gasteiger charge is -2.15. The summed E-state index contributed by atoms with van der Waals surface area (Å²) in [6.45, 7) is 6.14. The molecule has 0 bridgehead atoms. The number of carboxylic acid groups (broad SMARTS) is 1. The van der Waals surface area contributed by atoms with E-state index in [1.165, 1.54) is 0 Å². The molecule has 0 saturated carbocycles. The van der Waals surface area contributed by atoms with Gasteiger partial charge in [-0.25, -0.2) is 0 Å². The third-order valence-electron chi connectivity index (χ3n) is 3.05. The molecule has 5 heteroatoms. The van der Waals surface area contributed by atoms with Crippen molar-refractivity contribution >= 4 is 21.9 Å². The van der Waals surface area contributed by atoms with Crippen molar-refractivity contribution < 1.29 is 9.90 Å². The Bertz CT molecular complexity index is 427. The number of rotatable bonds is 6. The predicted octanol–water partition coefficient (Wildman–Crippen LogP) is 3.03. The minimum Gasteiger partial charge on any atom is -0.481 e. The quantitative estimate of drug-likeness (QED) is 0.877. The molecule has 0 aliphatic heterocycles. The molecule has 0 spiro atoms. The van der Waals surface area contributed by atoms with Crippen LogP contribution < -0.4 is 0 Å². The van der Waals surface area contributed by atoms with Gasteiger partial charge in [-0.1, -0.05) is 20.8 Å². The number of nitrogens with zero attached hydrogens (tertiary/aromatic N) is 2. The lowest BCUT2D eigenvalue weighted by atomic mass is 9.93. The van der Waals surface area contributed by atoms with Gasteiger partial charge in [-0.3, -0.25) is 9.48 Å². The van der Waals surface area contributed by atoms with Gasteiger partial charge < -0.3 is 5.11 Å². The highest BCUT2D eigenvalue weighted by Gasteiger charge is 2.23. The van der Waals surface area contributed by atoms with Crippen LogP contribution in [0.5, 0.6) is 0 Å². The summed E-state index contributed by atoms with van der Waals surface area (Å²) in [4.78, 5) is 11.3. The van der Waals surface area contributed by atoms with Crippen molar-refractivity contribution in [3.63, 3.8) is 0 Å². The molecule has 0 radical (unpaired) electrons. The second-order valence-corrected chi connectivity index (χ2v) is 5.85. The van der Waals surface area contributed by atoms with Crippen molar-refractivity contribution in [2.24, 2.45) is 18.9 Å². The van der Waals surface area contributed by atoms with Gasteiger partial charge in [0.1, 0.15) is 0 Å². The second kappa shape index (κ2) is 6.36. The number of carbonyl (C=O) groups is 1. The third-order valence-corrected chi connectivity index (χ3v) is 3.96. The molecule has 102 valence electrons. The zero-order valence-electron chi connectivity index (χ0n) is 11.4. The molecule has 0 aromatic carbocycles. The molecule has 1 atom stereocenters. The largest absolute Gasteiger partial charge is 0.481 e. The van der Waals surface area contributed by atoms with Gasteiger partial charge >= 0.3 is 5.97 Å². The van der Waals surface area contributed by atoms with E-state index in [1.54, 1.807) is 4.68 Å². The Labute approximate surface area is 117 Å². The van der Waals surface area contributed by atoms with Crippen molar-refractivity contribution in [3.05, 3.63) is 15.9 Å². The summed E-state index contributed by atoms with van der Waals surface area (Å²) in [6.07, 6.45) is 2.06. The predicted molar refractivity (Wildman–Crippen MR) is 74.6 cm³/mol. The van der Waals surface area contributed by atoms with Gasteiger partial charge in [0.15, 0.2) is 0 Å². The number of aliphatic carboxylic acids is 1. The van der Waals surface area contributed by atoms with Crippen LogP contribution in [0.25, 0.3) is 0 Å². The van der Waals surface area contributed by atoms with Crippen LogP contribution in [0.1, 0.15) is 38.6 Å². The molecule has 4 nitrogen and oxygen atoms in total. The Hall–Kier alpha value is -0.840.